The Kier molecular flexibility index (Phi) is 26.7. The molecule has 0 aromatic heterocycles. The van der Waals surface area contributed by atoms with Gasteiger partial charge in [-0.2, -0.15) is 0 Å². The summed E-state index contributed by atoms with van der Waals surface area (Å²) in [5, 5.41) is 34.1. The van der Waals surface area contributed by atoms with Gasteiger partial charge >= 0.3 is 17.9 Å². The molecule has 0 saturated carbocycles. The summed E-state index contributed by atoms with van der Waals surface area (Å²) >= 11 is 5.86. The summed E-state index contributed by atoms with van der Waals surface area (Å²) in [5.41, 5.74) is 2.67. The van der Waals surface area contributed by atoms with Crippen molar-refractivity contribution in [1.29, 1.82) is 0 Å². The van der Waals surface area contributed by atoms with E-state index in [-0.39, 0.29) is 59.8 Å². The van der Waals surface area contributed by atoms with E-state index in [9.17, 15) is 58.3 Å². The minimum absolute atomic E-state index is 0.0275. The van der Waals surface area contributed by atoms with Crippen LogP contribution in [0, 0.1) is 58.2 Å². The van der Waals surface area contributed by atoms with Crippen LogP contribution >= 0.6 is 31.9 Å². The number of halogens is 12. The summed E-state index contributed by atoms with van der Waals surface area (Å²) in [7, 11) is 0. The predicted octanol–water partition coefficient (Wildman–Crippen LogP) is 14.9. The summed E-state index contributed by atoms with van der Waals surface area (Å²) in [6.45, 7) is 2.12. The van der Waals surface area contributed by atoms with Crippen LogP contribution in [0.2, 0.25) is 0 Å². The molecule has 8 rings (SSSR count). The monoisotopic (exact) mass is 1280 g/mol. The molecule has 0 aliphatic heterocycles. The van der Waals surface area contributed by atoms with Gasteiger partial charge in [0, 0.05) is 8.95 Å². The van der Waals surface area contributed by atoms with Gasteiger partial charge in [0.05, 0.1) is 25.9 Å². The molecule has 0 aliphatic carbocycles. The second-order valence-electron chi connectivity index (χ2n) is 16.5. The first-order valence-corrected chi connectivity index (χ1v) is 25.2. The van der Waals surface area contributed by atoms with Crippen molar-refractivity contribution in [3.63, 3.8) is 0 Å². The van der Waals surface area contributed by atoms with E-state index in [4.69, 9.17) is 39.4 Å². The molecule has 0 amide bonds. The normalized spacial score (nSPS) is 10.2. The lowest BCUT2D eigenvalue weighted by atomic mass is 10.1. The van der Waals surface area contributed by atoms with Crippen LogP contribution in [0.25, 0.3) is 0 Å². The maximum absolute atomic E-state index is 13.9. The molecule has 0 radical (unpaired) electrons. The number of aliphatic carboxylic acids is 2. The first kappa shape index (κ1) is 65.9. The lowest BCUT2D eigenvalue weighted by Crippen LogP contribution is -2.08. The van der Waals surface area contributed by atoms with Crippen molar-refractivity contribution in [2.24, 2.45) is 0 Å². The van der Waals surface area contributed by atoms with E-state index in [1.165, 1.54) is 12.1 Å². The van der Waals surface area contributed by atoms with Crippen LogP contribution in [-0.4, -0.2) is 44.9 Å². The lowest BCUT2D eigenvalue weighted by Gasteiger charge is -2.10. The van der Waals surface area contributed by atoms with Gasteiger partial charge < -0.3 is 39.4 Å². The zero-order valence-electron chi connectivity index (χ0n) is 42.6. The van der Waals surface area contributed by atoms with Gasteiger partial charge in [-0.05, 0) is 101 Å². The van der Waals surface area contributed by atoms with Crippen molar-refractivity contribution in [3.8, 4) is 28.7 Å². The fourth-order valence-corrected chi connectivity index (χ4v) is 7.35. The Labute approximate surface area is 478 Å². The number of carboxylic acid groups (broad SMARTS) is 2. The first-order chi connectivity index (χ1) is 38.9. The van der Waals surface area contributed by atoms with Gasteiger partial charge in [0.1, 0.15) is 19.8 Å². The molecule has 0 spiro atoms. The number of carbonyl (C=O) groups excluding carboxylic acids is 1. The number of benzene rings is 8. The Balaban J connectivity index is 0.000000225. The summed E-state index contributed by atoms with van der Waals surface area (Å²) in [6, 6.07) is 37.2. The summed E-state index contributed by atoms with van der Waals surface area (Å²) in [4.78, 5) is 32.0. The third kappa shape index (κ3) is 22.5. The van der Waals surface area contributed by atoms with Crippen molar-refractivity contribution in [1.82, 2.24) is 0 Å². The van der Waals surface area contributed by atoms with E-state index >= 15 is 0 Å². The average molecular weight is 1280 g/mol. The van der Waals surface area contributed by atoms with Crippen LogP contribution in [0.3, 0.4) is 0 Å². The van der Waals surface area contributed by atoms with Crippen molar-refractivity contribution in [2.75, 3.05) is 6.61 Å². The number of carboxylic acids is 2. The van der Waals surface area contributed by atoms with E-state index in [1.54, 1.807) is 43.3 Å². The molecule has 0 heterocycles. The van der Waals surface area contributed by atoms with Crippen LogP contribution in [0.5, 0.6) is 28.7 Å². The van der Waals surface area contributed by atoms with E-state index in [2.05, 4.69) is 31.9 Å². The highest BCUT2D eigenvalue weighted by Crippen LogP contribution is 2.29. The number of phenols is 2. The quantitative estimate of drug-likeness (QED) is 0.0537. The molecule has 8 aromatic rings. The van der Waals surface area contributed by atoms with Crippen LogP contribution in [0.1, 0.15) is 40.3 Å². The van der Waals surface area contributed by atoms with Gasteiger partial charge in [-0.15, -0.1) is 0 Å². The summed E-state index contributed by atoms with van der Waals surface area (Å²) in [6.07, 6.45) is -1.10. The Morgan fingerprint density at radius 3 is 0.902 bits per heavy atom. The number of hydrogen-bond donors (Lipinski definition) is 4. The fourth-order valence-electron chi connectivity index (χ4n) is 6.54. The minimum Gasteiger partial charge on any atom is -0.503 e. The third-order valence-corrected chi connectivity index (χ3v) is 11.1. The van der Waals surface area contributed by atoms with Crippen LogP contribution in [-0.2, 0) is 58.2 Å². The van der Waals surface area contributed by atoms with E-state index in [1.807, 2.05) is 54.6 Å². The first-order valence-electron chi connectivity index (χ1n) is 23.6. The van der Waals surface area contributed by atoms with Crippen LogP contribution < -0.4 is 14.2 Å². The highest BCUT2D eigenvalue weighted by atomic mass is 79.9. The summed E-state index contributed by atoms with van der Waals surface area (Å²) in [5.74, 6) is -15.4. The molecular formula is C59H46Br2F10O11. The Morgan fingerprint density at radius 1 is 0.378 bits per heavy atom. The van der Waals surface area contributed by atoms with Crippen LogP contribution in [0.15, 0.2) is 161 Å². The zero-order valence-corrected chi connectivity index (χ0v) is 45.7. The van der Waals surface area contributed by atoms with E-state index in [0.29, 0.717) is 4.47 Å². The lowest BCUT2D eigenvalue weighted by molar-refractivity contribution is -0.142. The average Bonchev–Trinajstić information content (AvgIpc) is 3.60. The number of phenolic OH excluding ortho intramolecular Hbond substituents is 2. The van der Waals surface area contributed by atoms with Crippen molar-refractivity contribution >= 4 is 49.8 Å². The molecule has 432 valence electrons. The molecule has 0 saturated heterocycles. The Morgan fingerprint density at radius 2 is 0.622 bits per heavy atom. The van der Waals surface area contributed by atoms with Crippen molar-refractivity contribution < 1.29 is 97.7 Å². The molecule has 11 nitrogen and oxygen atoms in total. The Hall–Kier alpha value is -8.57. The highest BCUT2D eigenvalue weighted by Gasteiger charge is 2.18. The molecule has 23 heteroatoms. The van der Waals surface area contributed by atoms with Gasteiger partial charge in [0.2, 0.25) is 0 Å². The highest BCUT2D eigenvalue weighted by molar-refractivity contribution is 9.10. The Bertz CT molecular complexity index is 3290. The second kappa shape index (κ2) is 33.2. The van der Waals surface area contributed by atoms with Gasteiger partial charge in [-0.25, -0.2) is 43.9 Å². The largest absolute Gasteiger partial charge is 0.503 e. The number of rotatable bonds is 16. The second-order valence-corrected chi connectivity index (χ2v) is 18.4. The zero-order chi connectivity index (χ0) is 60.5. The van der Waals surface area contributed by atoms with Crippen LogP contribution in [0.4, 0.5) is 43.9 Å². The van der Waals surface area contributed by atoms with Gasteiger partial charge in [0.15, 0.2) is 86.9 Å². The molecule has 0 fully saturated rings. The molecule has 82 heavy (non-hydrogen) atoms. The van der Waals surface area contributed by atoms with Crippen molar-refractivity contribution in [3.05, 3.63) is 252 Å². The molecule has 4 N–H and O–H groups in total. The van der Waals surface area contributed by atoms with E-state index in [0.717, 1.165) is 65.2 Å². The SMILES string of the molecule is CCOC(=O)Cc1cc(F)c(OCc2ccccc2)c(F)c1.Fc1cc(Br)cc(F)c1OCc1ccccc1.O=C(O)Cc1cc(F)c(O)c(F)c1.O=C(O)Cc1cc(F)c(OCc2ccccc2)c(F)c1.Oc1c(F)cc(Br)cc1F. The van der Waals surface area contributed by atoms with Gasteiger partial charge in [0.25, 0.3) is 0 Å². The van der Waals surface area contributed by atoms with Gasteiger partial charge in [-0.1, -0.05) is 123 Å². The smallest absolute Gasteiger partial charge is 0.310 e. The summed E-state index contributed by atoms with van der Waals surface area (Å²) < 4.78 is 153. The molecule has 0 atom stereocenters. The number of esters is 1. The van der Waals surface area contributed by atoms with Gasteiger partial charge in [-0.3, -0.25) is 14.4 Å². The molecule has 8 aromatic carbocycles. The third-order valence-electron chi connectivity index (χ3n) is 10.2. The number of ether oxygens (including phenoxy) is 4. The number of carbonyl (C=O) groups is 3. The molecule has 0 unspecified atom stereocenters. The fraction of sp³-hybridized carbons (Fsp3) is 0.136. The van der Waals surface area contributed by atoms with E-state index < -0.39 is 112 Å². The maximum Gasteiger partial charge on any atom is 0.310 e. The molecule has 0 aliphatic rings. The number of aromatic hydroxyl groups is 2. The maximum atomic E-state index is 13.9. The standard InChI is InChI=1S/C17H16F2O3.C15H12F2O3.C13H9BrF2O.C8H6F2O3.C6H3BrF2O/c1-2-21-16(20)10-13-8-14(18)17(15(19)9-13)22-11-12-6-4-3-5-7-12;16-12-6-11(8-14(18)19)7-13(17)15(12)20-9-10-4-2-1-3-5-10;14-10-6-11(15)13(12(16)7-10)17-8-9-4-2-1-3-5-9;9-5-1-4(3-7(11)12)2-6(10)8(5)13;7-3-1-4(8)6(10)5(9)2-3/h3-9H,2,10-11H2,1H3;1-7H,8-9H2,(H,18,19);1-7H,8H2;1-2,13H,3H2,(H,11,12);1-2,10H. The topological polar surface area (TPSA) is 169 Å². The van der Waals surface area contributed by atoms with Crippen molar-refractivity contribution in [2.45, 2.75) is 46.0 Å². The molecule has 0 bridgehead atoms. The minimum atomic E-state index is -1.19. The predicted molar refractivity (Wildman–Crippen MR) is 286 cm³/mol. The molecular weight excluding hydrogens is 1230 g/mol. The number of hydrogen-bond acceptors (Lipinski definition) is 9.